The summed E-state index contributed by atoms with van der Waals surface area (Å²) in [5.74, 6) is -0.0680. The third-order valence-corrected chi connectivity index (χ3v) is 3.11. The molecule has 0 saturated heterocycles. The Morgan fingerprint density at radius 2 is 2.08 bits per heavy atom. The van der Waals surface area contributed by atoms with Gasteiger partial charge in [0.25, 0.3) is 0 Å². The molecule has 1 rings (SSSR count). The standard InChI is InChI=1S/C10H9IO2/c1-6-9(5-12)8(7(2)13)3-4-10(6)11/h3-5H,1-2H3. The van der Waals surface area contributed by atoms with Crippen LogP contribution in [0.5, 0.6) is 0 Å². The van der Waals surface area contributed by atoms with E-state index in [2.05, 4.69) is 22.6 Å². The maximum Gasteiger partial charge on any atom is 0.160 e. The summed E-state index contributed by atoms with van der Waals surface area (Å²) in [6.45, 7) is 3.31. The Morgan fingerprint density at radius 3 is 2.54 bits per heavy atom. The highest BCUT2D eigenvalue weighted by molar-refractivity contribution is 14.1. The predicted octanol–water partition coefficient (Wildman–Crippen LogP) is 2.61. The number of hydrogen-bond acceptors (Lipinski definition) is 2. The van der Waals surface area contributed by atoms with Crippen LogP contribution in [0.15, 0.2) is 12.1 Å². The molecule has 0 aliphatic heterocycles. The van der Waals surface area contributed by atoms with Gasteiger partial charge in [0.15, 0.2) is 12.1 Å². The summed E-state index contributed by atoms with van der Waals surface area (Å²) in [5, 5.41) is 0. The molecule has 0 bridgehead atoms. The second kappa shape index (κ2) is 4.00. The van der Waals surface area contributed by atoms with Crippen molar-refractivity contribution in [3.05, 3.63) is 32.4 Å². The van der Waals surface area contributed by atoms with Gasteiger partial charge in [0.1, 0.15) is 0 Å². The summed E-state index contributed by atoms with van der Waals surface area (Å²) < 4.78 is 1.00. The number of hydrogen-bond donors (Lipinski definition) is 0. The highest BCUT2D eigenvalue weighted by Gasteiger charge is 2.10. The Kier molecular flexibility index (Phi) is 3.19. The lowest BCUT2D eigenvalue weighted by atomic mass is 10.0. The second-order valence-electron chi connectivity index (χ2n) is 2.81. The minimum Gasteiger partial charge on any atom is -0.298 e. The molecule has 0 aliphatic carbocycles. The molecule has 1 aromatic carbocycles. The van der Waals surface area contributed by atoms with E-state index < -0.39 is 0 Å². The molecular formula is C10H9IO2. The molecule has 0 aromatic heterocycles. The monoisotopic (exact) mass is 288 g/mol. The van der Waals surface area contributed by atoms with Gasteiger partial charge in [-0.2, -0.15) is 0 Å². The van der Waals surface area contributed by atoms with Gasteiger partial charge in [-0.05, 0) is 54.1 Å². The molecule has 68 valence electrons. The van der Waals surface area contributed by atoms with Gasteiger partial charge in [-0.3, -0.25) is 9.59 Å². The molecule has 0 N–H and O–H groups in total. The van der Waals surface area contributed by atoms with E-state index in [4.69, 9.17) is 0 Å². The topological polar surface area (TPSA) is 34.1 Å². The van der Waals surface area contributed by atoms with Gasteiger partial charge in [-0.1, -0.05) is 0 Å². The largest absolute Gasteiger partial charge is 0.298 e. The first-order chi connectivity index (χ1) is 6.07. The molecule has 0 heterocycles. The van der Waals surface area contributed by atoms with Crippen LogP contribution in [0.4, 0.5) is 0 Å². The number of Topliss-reactive ketones (excluding diaryl/α,β-unsaturated/α-hetero) is 1. The highest BCUT2D eigenvalue weighted by Crippen LogP contribution is 2.18. The van der Waals surface area contributed by atoms with Crippen LogP contribution in [0.3, 0.4) is 0 Å². The number of rotatable bonds is 2. The lowest BCUT2D eigenvalue weighted by molar-refractivity contribution is 0.100. The fourth-order valence-corrected chi connectivity index (χ4v) is 1.63. The Balaban J connectivity index is 3.47. The normalized spacial score (nSPS) is 9.77. The van der Waals surface area contributed by atoms with E-state index in [9.17, 15) is 9.59 Å². The van der Waals surface area contributed by atoms with Crippen LogP contribution in [0, 0.1) is 10.5 Å². The summed E-state index contributed by atoms with van der Waals surface area (Å²) in [7, 11) is 0. The van der Waals surface area contributed by atoms with Gasteiger partial charge in [0.2, 0.25) is 0 Å². The lowest BCUT2D eigenvalue weighted by Crippen LogP contribution is -2.02. The SMILES string of the molecule is CC(=O)c1ccc(I)c(C)c1C=O. The molecule has 3 heteroatoms. The number of halogens is 1. The molecule has 0 radical (unpaired) electrons. The number of benzene rings is 1. The van der Waals surface area contributed by atoms with E-state index in [-0.39, 0.29) is 5.78 Å². The van der Waals surface area contributed by atoms with Gasteiger partial charge in [0, 0.05) is 14.7 Å². The van der Waals surface area contributed by atoms with E-state index in [1.165, 1.54) is 6.92 Å². The van der Waals surface area contributed by atoms with Crippen LogP contribution >= 0.6 is 22.6 Å². The van der Waals surface area contributed by atoms with Crippen molar-refractivity contribution in [3.8, 4) is 0 Å². The van der Waals surface area contributed by atoms with Crippen molar-refractivity contribution in [3.63, 3.8) is 0 Å². The fraction of sp³-hybridized carbons (Fsp3) is 0.200. The average molecular weight is 288 g/mol. The van der Waals surface area contributed by atoms with Crippen molar-refractivity contribution < 1.29 is 9.59 Å². The van der Waals surface area contributed by atoms with Crippen molar-refractivity contribution in [1.29, 1.82) is 0 Å². The van der Waals surface area contributed by atoms with Gasteiger partial charge in [0.05, 0.1) is 0 Å². The van der Waals surface area contributed by atoms with Crippen molar-refractivity contribution in [1.82, 2.24) is 0 Å². The zero-order valence-corrected chi connectivity index (χ0v) is 9.58. The summed E-state index contributed by atoms with van der Waals surface area (Å²) in [5.41, 5.74) is 1.90. The maximum atomic E-state index is 11.1. The Bertz CT molecular complexity index is 369. The highest BCUT2D eigenvalue weighted by atomic mass is 127. The van der Waals surface area contributed by atoms with Gasteiger partial charge in [-0.15, -0.1) is 0 Å². The van der Waals surface area contributed by atoms with Crippen molar-refractivity contribution in [2.75, 3.05) is 0 Å². The quantitative estimate of drug-likeness (QED) is 0.476. The van der Waals surface area contributed by atoms with Crippen LogP contribution in [-0.4, -0.2) is 12.1 Å². The van der Waals surface area contributed by atoms with Gasteiger partial charge < -0.3 is 0 Å². The third-order valence-electron chi connectivity index (χ3n) is 1.95. The van der Waals surface area contributed by atoms with Crippen molar-refractivity contribution in [2.45, 2.75) is 13.8 Å². The zero-order chi connectivity index (χ0) is 10.0. The molecule has 0 spiro atoms. The van der Waals surface area contributed by atoms with Crippen LogP contribution < -0.4 is 0 Å². The van der Waals surface area contributed by atoms with E-state index in [0.29, 0.717) is 11.1 Å². The number of aldehydes is 1. The first-order valence-corrected chi connectivity index (χ1v) is 4.91. The van der Waals surface area contributed by atoms with Crippen LogP contribution in [-0.2, 0) is 0 Å². The molecule has 0 atom stereocenters. The molecule has 0 fully saturated rings. The van der Waals surface area contributed by atoms with E-state index in [1.807, 2.05) is 13.0 Å². The maximum absolute atomic E-state index is 11.1. The number of ketones is 1. The first kappa shape index (κ1) is 10.4. The summed E-state index contributed by atoms with van der Waals surface area (Å²) in [6.07, 6.45) is 0.744. The van der Waals surface area contributed by atoms with Crippen LogP contribution in [0.1, 0.15) is 33.2 Å². The molecule has 0 amide bonds. The van der Waals surface area contributed by atoms with Crippen LogP contribution in [0.25, 0.3) is 0 Å². The number of carbonyl (C=O) groups excluding carboxylic acids is 2. The molecule has 0 aliphatic rings. The molecule has 13 heavy (non-hydrogen) atoms. The smallest absolute Gasteiger partial charge is 0.160 e. The summed E-state index contributed by atoms with van der Waals surface area (Å²) in [4.78, 5) is 21.9. The zero-order valence-electron chi connectivity index (χ0n) is 7.43. The average Bonchev–Trinajstić information content (AvgIpc) is 2.09. The van der Waals surface area contributed by atoms with Gasteiger partial charge in [-0.25, -0.2) is 0 Å². The van der Waals surface area contributed by atoms with Crippen LogP contribution in [0.2, 0.25) is 0 Å². The predicted molar refractivity (Wildman–Crippen MR) is 59.3 cm³/mol. The Hall–Kier alpha value is -0.710. The number of carbonyl (C=O) groups is 2. The fourth-order valence-electron chi connectivity index (χ4n) is 1.16. The summed E-state index contributed by atoms with van der Waals surface area (Å²) in [6, 6.07) is 3.54. The minimum absolute atomic E-state index is 0.0680. The summed E-state index contributed by atoms with van der Waals surface area (Å²) >= 11 is 2.14. The molecule has 0 saturated carbocycles. The van der Waals surface area contributed by atoms with Gasteiger partial charge >= 0.3 is 0 Å². The molecule has 1 aromatic rings. The van der Waals surface area contributed by atoms with E-state index >= 15 is 0 Å². The van der Waals surface area contributed by atoms with Crippen molar-refractivity contribution in [2.24, 2.45) is 0 Å². The Morgan fingerprint density at radius 1 is 1.46 bits per heavy atom. The minimum atomic E-state index is -0.0680. The lowest BCUT2D eigenvalue weighted by Gasteiger charge is -2.05. The molecule has 2 nitrogen and oxygen atoms in total. The first-order valence-electron chi connectivity index (χ1n) is 3.83. The van der Waals surface area contributed by atoms with E-state index in [1.54, 1.807) is 6.07 Å². The molecule has 0 unspecified atom stereocenters. The van der Waals surface area contributed by atoms with Crippen molar-refractivity contribution >= 4 is 34.7 Å². The molecular weight excluding hydrogens is 279 g/mol. The van der Waals surface area contributed by atoms with E-state index in [0.717, 1.165) is 15.4 Å². The third kappa shape index (κ3) is 1.96. The second-order valence-corrected chi connectivity index (χ2v) is 3.97. The Labute approximate surface area is 90.5 Å².